The van der Waals surface area contributed by atoms with Crippen molar-refractivity contribution in [3.8, 4) is 11.4 Å². The first-order valence-corrected chi connectivity index (χ1v) is 9.05. The lowest BCUT2D eigenvalue weighted by atomic mass is 10.1. The molecule has 0 bridgehead atoms. The van der Waals surface area contributed by atoms with Crippen LogP contribution in [-0.2, 0) is 0 Å². The summed E-state index contributed by atoms with van der Waals surface area (Å²) in [6.45, 7) is 2.70. The van der Waals surface area contributed by atoms with E-state index in [4.69, 9.17) is 4.74 Å². The van der Waals surface area contributed by atoms with E-state index in [0.29, 0.717) is 6.54 Å². The van der Waals surface area contributed by atoms with Crippen LogP contribution in [0.5, 0.6) is 5.75 Å². The van der Waals surface area contributed by atoms with Gasteiger partial charge in [-0.1, -0.05) is 24.3 Å². The molecule has 144 valence electrons. The van der Waals surface area contributed by atoms with E-state index in [1.165, 1.54) is 0 Å². The van der Waals surface area contributed by atoms with Crippen LogP contribution in [0.1, 0.15) is 18.5 Å². The number of hydrogen-bond acceptors (Lipinski definition) is 6. The first-order chi connectivity index (χ1) is 12.6. The van der Waals surface area contributed by atoms with Gasteiger partial charge in [0.2, 0.25) is 0 Å². The molecule has 2 atom stereocenters. The summed E-state index contributed by atoms with van der Waals surface area (Å²) in [7, 11) is 0. The van der Waals surface area contributed by atoms with E-state index < -0.39 is 6.10 Å². The van der Waals surface area contributed by atoms with Crippen LogP contribution < -0.4 is 10.1 Å². The number of para-hydroxylation sites is 1. The Balaban J connectivity index is 0.00000261. The molecular weight excluding hydrogens is 434 g/mol. The molecular formula is C18H21BrClN5O2. The van der Waals surface area contributed by atoms with E-state index in [9.17, 15) is 5.11 Å². The molecule has 1 heterocycles. The number of aliphatic hydroxyl groups is 1. The summed E-state index contributed by atoms with van der Waals surface area (Å²) >= 11 is 3.42. The summed E-state index contributed by atoms with van der Waals surface area (Å²) in [5, 5.41) is 24.6. The van der Waals surface area contributed by atoms with E-state index in [1.807, 2.05) is 55.5 Å². The highest BCUT2D eigenvalue weighted by Gasteiger charge is 2.11. The first kappa shape index (κ1) is 21.3. The number of halogens is 2. The van der Waals surface area contributed by atoms with E-state index >= 15 is 0 Å². The standard InChI is InChI=1S/C18H20BrN5O2.ClH/c1-13(14-6-8-15(9-7-14)24-12-21-22-23-24)20-10-16(25)11-26-18-5-3-2-4-17(18)19;/h2-9,12-13,16,20,25H,10-11H2,1H3;1H. The lowest BCUT2D eigenvalue weighted by molar-refractivity contribution is 0.104. The van der Waals surface area contributed by atoms with E-state index in [1.54, 1.807) is 11.0 Å². The number of nitrogens with one attached hydrogen (secondary N) is 1. The molecule has 3 aromatic rings. The first-order valence-electron chi connectivity index (χ1n) is 8.25. The number of aliphatic hydroxyl groups excluding tert-OH is 1. The lowest BCUT2D eigenvalue weighted by Crippen LogP contribution is -2.33. The van der Waals surface area contributed by atoms with Crippen molar-refractivity contribution in [1.82, 2.24) is 25.5 Å². The molecule has 0 saturated heterocycles. The van der Waals surface area contributed by atoms with E-state index in [-0.39, 0.29) is 25.1 Å². The molecule has 2 N–H and O–H groups in total. The second-order valence-electron chi connectivity index (χ2n) is 5.87. The fourth-order valence-corrected chi connectivity index (χ4v) is 2.83. The molecule has 0 aliphatic carbocycles. The van der Waals surface area contributed by atoms with Gasteiger partial charge in [-0.3, -0.25) is 0 Å². The van der Waals surface area contributed by atoms with Crippen LogP contribution in [0.4, 0.5) is 0 Å². The number of aromatic nitrogens is 4. The van der Waals surface area contributed by atoms with Crippen molar-refractivity contribution in [3.63, 3.8) is 0 Å². The predicted octanol–water partition coefficient (Wildman–Crippen LogP) is 2.94. The summed E-state index contributed by atoms with van der Waals surface area (Å²) in [5.74, 6) is 0.720. The summed E-state index contributed by atoms with van der Waals surface area (Å²) in [5.41, 5.74) is 2.01. The zero-order chi connectivity index (χ0) is 18.4. The average molecular weight is 455 g/mol. The number of rotatable bonds is 8. The number of hydrogen-bond donors (Lipinski definition) is 2. The Morgan fingerprint density at radius 2 is 1.93 bits per heavy atom. The molecule has 27 heavy (non-hydrogen) atoms. The van der Waals surface area contributed by atoms with Crippen molar-refractivity contribution in [1.29, 1.82) is 0 Å². The fraction of sp³-hybridized carbons (Fsp3) is 0.278. The van der Waals surface area contributed by atoms with Crippen LogP contribution in [0.2, 0.25) is 0 Å². The highest BCUT2D eigenvalue weighted by molar-refractivity contribution is 9.10. The van der Waals surface area contributed by atoms with Crippen molar-refractivity contribution in [2.24, 2.45) is 0 Å². The summed E-state index contributed by atoms with van der Waals surface area (Å²) in [6, 6.07) is 15.6. The van der Waals surface area contributed by atoms with Gasteiger partial charge in [-0.25, -0.2) is 4.68 Å². The topological polar surface area (TPSA) is 85.1 Å². The van der Waals surface area contributed by atoms with Gasteiger partial charge in [0.15, 0.2) is 0 Å². The minimum atomic E-state index is -0.606. The molecule has 0 aliphatic heterocycles. The zero-order valence-electron chi connectivity index (χ0n) is 14.7. The Hall–Kier alpha value is -2.00. The Bertz CT molecular complexity index is 817. The van der Waals surface area contributed by atoms with Crippen molar-refractivity contribution >= 4 is 28.3 Å². The minimum Gasteiger partial charge on any atom is -0.490 e. The van der Waals surface area contributed by atoms with Crippen molar-refractivity contribution in [2.45, 2.75) is 19.1 Å². The number of nitrogens with zero attached hydrogens (tertiary/aromatic N) is 4. The van der Waals surface area contributed by atoms with Crippen LogP contribution >= 0.6 is 28.3 Å². The predicted molar refractivity (Wildman–Crippen MR) is 108 cm³/mol. The third-order valence-electron chi connectivity index (χ3n) is 3.93. The maximum absolute atomic E-state index is 10.1. The van der Waals surface area contributed by atoms with Gasteiger partial charge in [0.05, 0.1) is 10.2 Å². The third kappa shape index (κ3) is 6.00. The summed E-state index contributed by atoms with van der Waals surface area (Å²) < 4.78 is 8.11. The largest absolute Gasteiger partial charge is 0.490 e. The lowest BCUT2D eigenvalue weighted by Gasteiger charge is -2.18. The van der Waals surface area contributed by atoms with Crippen molar-refractivity contribution < 1.29 is 9.84 Å². The highest BCUT2D eigenvalue weighted by Crippen LogP contribution is 2.23. The third-order valence-corrected chi connectivity index (χ3v) is 4.59. The minimum absolute atomic E-state index is 0. The van der Waals surface area contributed by atoms with Crippen LogP contribution in [-0.4, -0.2) is 44.6 Å². The number of benzene rings is 2. The van der Waals surface area contributed by atoms with Gasteiger partial charge in [-0.2, -0.15) is 0 Å². The molecule has 2 unspecified atom stereocenters. The zero-order valence-corrected chi connectivity index (χ0v) is 17.1. The molecule has 0 spiro atoms. The molecule has 0 fully saturated rings. The van der Waals surface area contributed by atoms with Crippen molar-refractivity contribution in [3.05, 3.63) is 64.9 Å². The molecule has 1 aromatic heterocycles. The fourth-order valence-electron chi connectivity index (χ4n) is 2.43. The molecule has 0 amide bonds. The molecule has 0 aliphatic rings. The van der Waals surface area contributed by atoms with E-state index in [0.717, 1.165) is 21.5 Å². The molecule has 3 rings (SSSR count). The monoisotopic (exact) mass is 453 g/mol. The summed E-state index contributed by atoms with van der Waals surface area (Å²) in [6.07, 6.45) is 0.947. The van der Waals surface area contributed by atoms with Gasteiger partial charge in [-0.05, 0) is 63.1 Å². The average Bonchev–Trinajstić information content (AvgIpc) is 3.20. The van der Waals surface area contributed by atoms with Crippen molar-refractivity contribution in [2.75, 3.05) is 13.2 Å². The van der Waals surface area contributed by atoms with Gasteiger partial charge in [-0.15, -0.1) is 17.5 Å². The Kier molecular flexibility index (Phi) is 8.18. The maximum Gasteiger partial charge on any atom is 0.143 e. The van der Waals surface area contributed by atoms with Crippen LogP contribution in [0.3, 0.4) is 0 Å². The Morgan fingerprint density at radius 3 is 2.59 bits per heavy atom. The summed E-state index contributed by atoms with van der Waals surface area (Å²) in [4.78, 5) is 0. The Morgan fingerprint density at radius 1 is 1.19 bits per heavy atom. The normalized spacial score (nSPS) is 12.9. The van der Waals surface area contributed by atoms with Gasteiger partial charge in [0.25, 0.3) is 0 Å². The smallest absolute Gasteiger partial charge is 0.143 e. The second-order valence-corrected chi connectivity index (χ2v) is 6.73. The highest BCUT2D eigenvalue weighted by atomic mass is 79.9. The second kappa shape index (κ2) is 10.4. The molecule has 7 nitrogen and oxygen atoms in total. The van der Waals surface area contributed by atoms with Crippen LogP contribution in [0.25, 0.3) is 5.69 Å². The maximum atomic E-state index is 10.1. The van der Waals surface area contributed by atoms with Gasteiger partial charge >= 0.3 is 0 Å². The van der Waals surface area contributed by atoms with Gasteiger partial charge in [0.1, 0.15) is 24.8 Å². The van der Waals surface area contributed by atoms with Gasteiger partial charge in [0, 0.05) is 12.6 Å². The molecule has 9 heteroatoms. The number of tetrazole rings is 1. The van der Waals surface area contributed by atoms with E-state index in [2.05, 4.69) is 36.8 Å². The SMILES string of the molecule is CC(NCC(O)COc1ccccc1Br)c1ccc(-n2cnnn2)cc1.Cl. The molecule has 0 radical (unpaired) electrons. The molecule has 2 aromatic carbocycles. The van der Waals surface area contributed by atoms with Crippen LogP contribution in [0, 0.1) is 0 Å². The quantitative estimate of drug-likeness (QED) is 0.544. The Labute approximate surface area is 172 Å². The van der Waals surface area contributed by atoms with Crippen LogP contribution in [0.15, 0.2) is 59.3 Å². The number of ether oxygens (including phenoxy) is 1. The van der Waals surface area contributed by atoms with Gasteiger partial charge < -0.3 is 15.2 Å². The molecule has 0 saturated carbocycles.